The number of hydrogen-bond donors (Lipinski definition) is 3. The fraction of sp³-hybridized carbons (Fsp3) is 0.0526. The van der Waals surface area contributed by atoms with E-state index in [-0.39, 0.29) is 16.6 Å². The van der Waals surface area contributed by atoms with E-state index in [1.54, 1.807) is 36.4 Å². The van der Waals surface area contributed by atoms with Crippen molar-refractivity contribution in [1.29, 1.82) is 0 Å². The third-order valence-corrected chi connectivity index (χ3v) is 4.66. The van der Waals surface area contributed by atoms with Crippen LogP contribution in [0.25, 0.3) is 11.3 Å². The predicted octanol–water partition coefficient (Wildman–Crippen LogP) is 5.09. The van der Waals surface area contributed by atoms with Gasteiger partial charge in [-0.05, 0) is 54.7 Å². The van der Waals surface area contributed by atoms with Crippen molar-refractivity contribution < 1.29 is 19.1 Å². The van der Waals surface area contributed by atoms with Crippen molar-refractivity contribution in [3.05, 3.63) is 64.3 Å². The average Bonchev–Trinajstić information content (AvgIpc) is 3.16. The smallest absolute Gasteiger partial charge is 0.293 e. The number of benzene rings is 2. The molecule has 0 aliphatic carbocycles. The van der Waals surface area contributed by atoms with E-state index in [0.29, 0.717) is 32.8 Å². The number of carbonyl (C=O) groups is 1. The number of hydrogen-bond acceptors (Lipinski definition) is 5. The minimum Gasteiger partial charge on any atom is -0.506 e. The molecule has 0 radical (unpaired) electrons. The summed E-state index contributed by atoms with van der Waals surface area (Å²) in [5.41, 5.74) is 0.969. The monoisotopic (exact) mass is 436 g/mol. The predicted molar refractivity (Wildman–Crippen MR) is 113 cm³/mol. The van der Waals surface area contributed by atoms with Crippen molar-refractivity contribution in [3.63, 3.8) is 0 Å². The summed E-state index contributed by atoms with van der Waals surface area (Å²) in [5.74, 6) is 0.434. The molecule has 28 heavy (non-hydrogen) atoms. The second kappa shape index (κ2) is 8.52. The molecular weight excluding hydrogens is 423 g/mol. The normalized spacial score (nSPS) is 10.4. The molecule has 9 heteroatoms. The Morgan fingerprint density at radius 2 is 1.89 bits per heavy atom. The van der Waals surface area contributed by atoms with Crippen LogP contribution in [-0.4, -0.2) is 23.2 Å². The first-order valence-corrected chi connectivity index (χ1v) is 9.08. The lowest BCUT2D eigenvalue weighted by Gasteiger charge is -2.11. The summed E-state index contributed by atoms with van der Waals surface area (Å²) in [6, 6.07) is 12.7. The van der Waals surface area contributed by atoms with Crippen LogP contribution in [0, 0.1) is 0 Å². The summed E-state index contributed by atoms with van der Waals surface area (Å²) in [6.07, 6.45) is 0. The summed E-state index contributed by atoms with van der Waals surface area (Å²) in [4.78, 5) is 12.4. The maximum absolute atomic E-state index is 12.4. The molecule has 1 heterocycles. The Bertz CT molecular complexity index is 1050. The second-order valence-electron chi connectivity index (χ2n) is 5.58. The zero-order valence-corrected chi connectivity index (χ0v) is 16.8. The van der Waals surface area contributed by atoms with Gasteiger partial charge in [0, 0.05) is 11.6 Å². The maximum Gasteiger partial charge on any atom is 0.293 e. The van der Waals surface area contributed by atoms with Crippen LogP contribution in [0.5, 0.6) is 11.5 Å². The van der Waals surface area contributed by atoms with Gasteiger partial charge in [0.05, 0.1) is 22.8 Å². The molecule has 1 aromatic heterocycles. The van der Waals surface area contributed by atoms with Gasteiger partial charge in [-0.2, -0.15) is 0 Å². The van der Waals surface area contributed by atoms with Gasteiger partial charge >= 0.3 is 0 Å². The molecule has 1 amide bonds. The van der Waals surface area contributed by atoms with Crippen LogP contribution in [-0.2, 0) is 0 Å². The number of amides is 1. The molecule has 0 aliphatic rings. The Morgan fingerprint density at radius 1 is 1.11 bits per heavy atom. The summed E-state index contributed by atoms with van der Waals surface area (Å²) < 4.78 is 10.7. The minimum atomic E-state index is -0.550. The Balaban J connectivity index is 1.69. The largest absolute Gasteiger partial charge is 0.506 e. The number of aromatic hydroxyl groups is 1. The topological polar surface area (TPSA) is 83.7 Å². The number of thiocarbonyl (C=S) groups is 1. The van der Waals surface area contributed by atoms with E-state index < -0.39 is 5.91 Å². The van der Waals surface area contributed by atoms with Crippen LogP contribution < -0.4 is 15.4 Å². The maximum atomic E-state index is 12.4. The van der Waals surface area contributed by atoms with Crippen molar-refractivity contribution in [2.45, 2.75) is 0 Å². The van der Waals surface area contributed by atoms with Gasteiger partial charge in [-0.1, -0.05) is 23.2 Å². The van der Waals surface area contributed by atoms with Crippen LogP contribution in [0.15, 0.2) is 52.9 Å². The highest BCUT2D eigenvalue weighted by Gasteiger charge is 2.15. The molecular formula is C19H14Cl2N2O4S. The zero-order chi connectivity index (χ0) is 20.3. The van der Waals surface area contributed by atoms with Gasteiger partial charge in [0.25, 0.3) is 5.91 Å². The van der Waals surface area contributed by atoms with Gasteiger partial charge in [0.1, 0.15) is 17.3 Å². The summed E-state index contributed by atoms with van der Waals surface area (Å²) in [7, 11) is 1.50. The Labute approximate surface area is 176 Å². The number of phenols is 1. The molecule has 3 aromatic rings. The molecule has 0 aliphatic heterocycles. The van der Waals surface area contributed by atoms with E-state index in [9.17, 15) is 9.90 Å². The number of carbonyl (C=O) groups excluding carboxylic acids is 1. The highest BCUT2D eigenvalue weighted by Crippen LogP contribution is 2.30. The lowest BCUT2D eigenvalue weighted by atomic mass is 10.2. The highest BCUT2D eigenvalue weighted by molar-refractivity contribution is 7.80. The molecule has 3 N–H and O–H groups in total. The van der Waals surface area contributed by atoms with Crippen molar-refractivity contribution >= 4 is 52.1 Å². The number of ether oxygens (including phenoxy) is 1. The van der Waals surface area contributed by atoms with E-state index in [2.05, 4.69) is 10.6 Å². The third-order valence-electron chi connectivity index (χ3n) is 3.71. The van der Waals surface area contributed by atoms with Crippen molar-refractivity contribution in [2.24, 2.45) is 0 Å². The molecule has 6 nitrogen and oxygen atoms in total. The van der Waals surface area contributed by atoms with E-state index in [1.807, 2.05) is 0 Å². The van der Waals surface area contributed by atoms with E-state index in [0.717, 1.165) is 0 Å². The lowest BCUT2D eigenvalue weighted by molar-refractivity contribution is 0.0951. The van der Waals surface area contributed by atoms with Gasteiger partial charge in [0.15, 0.2) is 10.9 Å². The van der Waals surface area contributed by atoms with E-state index in [4.69, 9.17) is 44.6 Å². The van der Waals surface area contributed by atoms with Crippen LogP contribution in [0.1, 0.15) is 10.6 Å². The summed E-state index contributed by atoms with van der Waals surface area (Å²) >= 11 is 17.0. The molecule has 0 saturated carbocycles. The first-order chi connectivity index (χ1) is 13.4. The van der Waals surface area contributed by atoms with Crippen LogP contribution in [0.3, 0.4) is 0 Å². The number of rotatable bonds is 4. The van der Waals surface area contributed by atoms with Crippen molar-refractivity contribution in [3.8, 4) is 22.8 Å². The lowest BCUT2D eigenvalue weighted by Crippen LogP contribution is -2.33. The molecule has 0 bridgehead atoms. The Kier molecular flexibility index (Phi) is 6.08. The summed E-state index contributed by atoms with van der Waals surface area (Å²) in [5, 5.41) is 15.9. The van der Waals surface area contributed by atoms with Crippen molar-refractivity contribution in [1.82, 2.24) is 5.32 Å². The summed E-state index contributed by atoms with van der Waals surface area (Å²) in [6.45, 7) is 0. The number of halogens is 2. The standard InChI is InChI=1S/C19H14Cl2N2O4S/c1-26-11-3-5-15(24)14(9-11)22-19(28)23-18(25)17-7-6-16(27-17)10-2-4-12(20)13(21)8-10/h2-9,24H,1H3,(H2,22,23,25,28). The molecule has 3 rings (SSSR count). The average molecular weight is 437 g/mol. The number of methoxy groups -OCH3 is 1. The van der Waals surface area contributed by atoms with Gasteiger partial charge < -0.3 is 19.6 Å². The fourth-order valence-electron chi connectivity index (χ4n) is 2.32. The Hall–Kier alpha value is -2.74. The first-order valence-electron chi connectivity index (χ1n) is 7.92. The van der Waals surface area contributed by atoms with E-state index >= 15 is 0 Å². The van der Waals surface area contributed by atoms with Crippen LogP contribution in [0.2, 0.25) is 10.0 Å². The zero-order valence-electron chi connectivity index (χ0n) is 14.5. The van der Waals surface area contributed by atoms with Crippen molar-refractivity contribution in [2.75, 3.05) is 12.4 Å². The molecule has 0 atom stereocenters. The molecule has 0 spiro atoms. The van der Waals surface area contributed by atoms with Gasteiger partial charge in [-0.25, -0.2) is 0 Å². The molecule has 2 aromatic carbocycles. The number of nitrogens with one attached hydrogen (secondary N) is 2. The Morgan fingerprint density at radius 3 is 2.61 bits per heavy atom. The second-order valence-corrected chi connectivity index (χ2v) is 6.81. The number of anilines is 1. The molecule has 0 saturated heterocycles. The SMILES string of the molecule is COc1ccc(O)c(NC(=S)NC(=O)c2ccc(-c3ccc(Cl)c(Cl)c3)o2)c1. The van der Waals surface area contributed by atoms with Gasteiger partial charge in [0.2, 0.25) is 0 Å². The van der Waals surface area contributed by atoms with Crippen LogP contribution >= 0.6 is 35.4 Å². The van der Waals surface area contributed by atoms with Gasteiger partial charge in [-0.15, -0.1) is 0 Å². The first kappa shape index (κ1) is 20.0. The van der Waals surface area contributed by atoms with Crippen LogP contribution in [0.4, 0.5) is 5.69 Å². The number of phenolic OH excluding ortho intramolecular Hbond substituents is 1. The quantitative estimate of drug-likeness (QED) is 0.389. The molecule has 0 fully saturated rings. The molecule has 0 unspecified atom stereocenters. The molecule has 144 valence electrons. The number of furan rings is 1. The van der Waals surface area contributed by atoms with Gasteiger partial charge in [-0.3, -0.25) is 10.1 Å². The van der Waals surface area contributed by atoms with E-state index in [1.165, 1.54) is 19.2 Å². The highest BCUT2D eigenvalue weighted by atomic mass is 35.5. The third kappa shape index (κ3) is 4.56. The minimum absolute atomic E-state index is 0.0129. The fourth-order valence-corrected chi connectivity index (χ4v) is 2.83.